The molecule has 2 amide bonds. The van der Waals surface area contributed by atoms with E-state index < -0.39 is 23.8 Å². The lowest BCUT2D eigenvalue weighted by Crippen LogP contribution is -2.50. The van der Waals surface area contributed by atoms with Gasteiger partial charge in [-0.05, 0) is 56.7 Å². The third kappa shape index (κ3) is 5.75. The van der Waals surface area contributed by atoms with Gasteiger partial charge >= 0.3 is 5.97 Å². The van der Waals surface area contributed by atoms with Crippen molar-refractivity contribution in [3.8, 4) is 5.75 Å². The van der Waals surface area contributed by atoms with Crippen molar-refractivity contribution >= 4 is 33.7 Å². The number of hydrogen-bond donors (Lipinski definition) is 1. The van der Waals surface area contributed by atoms with Gasteiger partial charge in [0.2, 0.25) is 11.8 Å². The number of nitrogens with zero attached hydrogens (tertiary/aromatic N) is 5. The zero-order chi connectivity index (χ0) is 28.6. The molecule has 3 heterocycles. The second-order valence-corrected chi connectivity index (χ2v) is 12.6. The van der Waals surface area contributed by atoms with Gasteiger partial charge in [0.25, 0.3) is 0 Å². The van der Waals surface area contributed by atoms with Crippen molar-refractivity contribution in [1.29, 1.82) is 0 Å². The number of amides is 2. The van der Waals surface area contributed by atoms with Crippen LogP contribution in [-0.2, 0) is 27.4 Å². The molecule has 1 N–H and O–H groups in total. The maximum atomic E-state index is 14.1. The molecule has 3 aliphatic rings. The minimum Gasteiger partial charge on any atom is -0.487 e. The number of aromatic nitrogens is 3. The molecule has 0 bridgehead atoms. The Bertz CT molecular complexity index is 1280. The third-order valence-electron chi connectivity index (χ3n) is 8.52. The van der Waals surface area contributed by atoms with Crippen molar-refractivity contribution in [2.45, 2.75) is 78.0 Å². The molecule has 1 aromatic heterocycles. The van der Waals surface area contributed by atoms with Crippen LogP contribution in [0.4, 0.5) is 0 Å². The Morgan fingerprint density at radius 3 is 2.60 bits per heavy atom. The predicted octanol–water partition coefficient (Wildman–Crippen LogP) is 4.39. The van der Waals surface area contributed by atoms with E-state index in [1.54, 1.807) is 4.68 Å². The van der Waals surface area contributed by atoms with Crippen molar-refractivity contribution in [1.82, 2.24) is 24.8 Å². The first-order chi connectivity index (χ1) is 19.1. The van der Waals surface area contributed by atoms with Crippen molar-refractivity contribution in [2.24, 2.45) is 17.8 Å². The third-order valence-corrected chi connectivity index (χ3v) is 9.26. The normalized spacial score (nSPS) is 24.9. The first-order valence-electron chi connectivity index (χ1n) is 14.3. The van der Waals surface area contributed by atoms with Crippen LogP contribution < -0.4 is 4.74 Å². The van der Waals surface area contributed by atoms with Crippen molar-refractivity contribution in [3.63, 3.8) is 0 Å². The molecule has 0 unspecified atom stereocenters. The molecule has 0 radical (unpaired) electrons. The second kappa shape index (κ2) is 11.9. The quantitative estimate of drug-likeness (QED) is 0.468. The van der Waals surface area contributed by atoms with E-state index >= 15 is 0 Å². The molecule has 5 rings (SSSR count). The van der Waals surface area contributed by atoms with Crippen LogP contribution in [0.2, 0.25) is 0 Å². The molecule has 1 saturated heterocycles. The number of rotatable bonds is 8. The summed E-state index contributed by atoms with van der Waals surface area (Å²) in [6.45, 7) is 7.78. The number of carboxylic acids is 1. The van der Waals surface area contributed by atoms with Gasteiger partial charge in [-0.25, -0.2) is 4.68 Å². The van der Waals surface area contributed by atoms with Gasteiger partial charge in [-0.15, -0.1) is 5.10 Å². The van der Waals surface area contributed by atoms with Crippen LogP contribution in [0.1, 0.15) is 81.8 Å². The lowest BCUT2D eigenvalue weighted by atomic mass is 9.77. The van der Waals surface area contributed by atoms with Crippen LogP contribution in [0.15, 0.2) is 22.8 Å². The summed E-state index contributed by atoms with van der Waals surface area (Å²) in [4.78, 5) is 42.8. The van der Waals surface area contributed by atoms with E-state index in [4.69, 9.17) is 4.74 Å². The largest absolute Gasteiger partial charge is 0.487 e. The van der Waals surface area contributed by atoms with Gasteiger partial charge in [-0.3, -0.25) is 14.4 Å². The first kappa shape index (κ1) is 28.6. The highest BCUT2D eigenvalue weighted by atomic mass is 79.9. The number of fused-ring (bicyclic) bond motifs is 1. The molecule has 2 fully saturated rings. The number of likely N-dealkylation sites (tertiary alicyclic amines) is 1. The van der Waals surface area contributed by atoms with E-state index in [9.17, 15) is 19.5 Å². The van der Waals surface area contributed by atoms with Crippen LogP contribution in [0.5, 0.6) is 5.75 Å². The maximum absolute atomic E-state index is 14.1. The number of hydrogen-bond acceptors (Lipinski definition) is 6. The Hall–Kier alpha value is -2.95. The highest BCUT2D eigenvalue weighted by Crippen LogP contribution is 2.43. The number of aliphatic carboxylic acids is 1. The molecule has 40 heavy (non-hydrogen) atoms. The summed E-state index contributed by atoms with van der Waals surface area (Å²) in [6, 6.07) is 3.59. The van der Waals surface area contributed by atoms with Gasteiger partial charge in [0.05, 0.1) is 24.1 Å². The molecule has 1 aliphatic carbocycles. The summed E-state index contributed by atoms with van der Waals surface area (Å²) in [6.07, 6.45) is 5.70. The zero-order valence-electron chi connectivity index (χ0n) is 23.4. The highest BCUT2D eigenvalue weighted by Gasteiger charge is 2.43. The average molecular weight is 617 g/mol. The fourth-order valence-electron chi connectivity index (χ4n) is 6.43. The van der Waals surface area contributed by atoms with Crippen LogP contribution >= 0.6 is 15.9 Å². The van der Waals surface area contributed by atoms with Gasteiger partial charge in [-0.2, -0.15) is 0 Å². The molecule has 1 aromatic carbocycles. The summed E-state index contributed by atoms with van der Waals surface area (Å²) >= 11 is 3.71. The first-order valence-corrected chi connectivity index (χ1v) is 15.1. The summed E-state index contributed by atoms with van der Waals surface area (Å²) in [5.74, 6) is -1.32. The number of carboxylic acid groups (broad SMARTS) is 1. The molecule has 2 aromatic rings. The Morgan fingerprint density at radius 1 is 1.20 bits per heavy atom. The minimum atomic E-state index is -0.906. The second-order valence-electron chi connectivity index (χ2n) is 11.8. The highest BCUT2D eigenvalue weighted by molar-refractivity contribution is 9.10. The number of carbonyl (C=O) groups is 3. The number of halogens is 1. The lowest BCUT2D eigenvalue weighted by Gasteiger charge is -2.43. The van der Waals surface area contributed by atoms with E-state index in [2.05, 4.69) is 33.2 Å². The number of carbonyl (C=O) groups excluding carboxylic acids is 2. The van der Waals surface area contributed by atoms with Crippen molar-refractivity contribution in [2.75, 3.05) is 19.6 Å². The molecule has 4 atom stereocenters. The van der Waals surface area contributed by atoms with E-state index in [1.165, 1.54) is 0 Å². The molecule has 2 aliphatic heterocycles. The van der Waals surface area contributed by atoms with Gasteiger partial charge < -0.3 is 19.6 Å². The van der Waals surface area contributed by atoms with Crippen LogP contribution in [0.25, 0.3) is 0 Å². The van der Waals surface area contributed by atoms with E-state index in [0.717, 1.165) is 28.4 Å². The Morgan fingerprint density at radius 2 is 1.95 bits per heavy atom. The molecular formula is C29H38BrN5O5. The van der Waals surface area contributed by atoms with E-state index in [0.29, 0.717) is 56.8 Å². The average Bonchev–Trinajstić information content (AvgIpc) is 3.53. The van der Waals surface area contributed by atoms with Gasteiger partial charge in [-0.1, -0.05) is 40.9 Å². The van der Waals surface area contributed by atoms with Crippen LogP contribution in [0, 0.1) is 17.8 Å². The SMILES string of the molecule is CC(C)n1cc(COc2ccc(Br)c3c2[C@@H](CN2C[C@@H](C)CC2=O)N(C(=O)[C@@H]2CCCC[C@@H]2C(=O)O)CC3)nn1. The number of benzene rings is 1. The van der Waals surface area contributed by atoms with Crippen LogP contribution in [-0.4, -0.2) is 67.3 Å². The smallest absolute Gasteiger partial charge is 0.307 e. The minimum absolute atomic E-state index is 0.0795. The fraction of sp³-hybridized carbons (Fsp3) is 0.621. The summed E-state index contributed by atoms with van der Waals surface area (Å²) < 4.78 is 9.05. The Labute approximate surface area is 243 Å². The lowest BCUT2D eigenvalue weighted by molar-refractivity contribution is -0.154. The zero-order valence-corrected chi connectivity index (χ0v) is 25.0. The Balaban J connectivity index is 1.50. The summed E-state index contributed by atoms with van der Waals surface area (Å²) in [5.41, 5.74) is 2.62. The van der Waals surface area contributed by atoms with E-state index in [-0.39, 0.29) is 30.4 Å². The van der Waals surface area contributed by atoms with Crippen LogP contribution in [0.3, 0.4) is 0 Å². The monoisotopic (exact) mass is 615 g/mol. The molecular weight excluding hydrogens is 578 g/mol. The topological polar surface area (TPSA) is 118 Å². The number of ether oxygens (including phenoxy) is 1. The molecule has 216 valence electrons. The predicted molar refractivity (Wildman–Crippen MR) is 150 cm³/mol. The van der Waals surface area contributed by atoms with Gasteiger partial charge in [0.15, 0.2) is 0 Å². The molecule has 0 spiro atoms. The summed E-state index contributed by atoms with van der Waals surface area (Å²) in [5, 5.41) is 18.3. The van der Waals surface area contributed by atoms with Crippen molar-refractivity contribution < 1.29 is 24.2 Å². The Kier molecular flexibility index (Phi) is 8.49. The summed E-state index contributed by atoms with van der Waals surface area (Å²) in [7, 11) is 0. The van der Waals surface area contributed by atoms with Crippen molar-refractivity contribution in [3.05, 3.63) is 39.6 Å². The maximum Gasteiger partial charge on any atom is 0.307 e. The molecule has 11 heteroatoms. The van der Waals surface area contributed by atoms with E-state index in [1.807, 2.05) is 42.0 Å². The molecule has 10 nitrogen and oxygen atoms in total. The van der Waals surface area contributed by atoms with Gasteiger partial charge in [0, 0.05) is 42.1 Å². The fourth-order valence-corrected chi connectivity index (χ4v) is 6.98. The van der Waals surface area contributed by atoms with Gasteiger partial charge in [0.1, 0.15) is 18.1 Å². The standard InChI is InChI=1S/C29H38BrN5O5/c1-17(2)35-14-19(31-32-35)16-40-25-9-8-23(30)22-10-11-34(28(37)20-6-4-5-7-21(20)29(38)39)24(27(22)25)15-33-13-18(3)12-26(33)36/h8-9,14,17-18,20-21,24H,4-7,10-13,15-16H2,1-3H3,(H,38,39)/t18-,20+,21-,24+/m0/s1. The molecule has 1 saturated carbocycles.